The first kappa shape index (κ1) is 22.1. The van der Waals surface area contributed by atoms with Crippen LogP contribution in [0.15, 0.2) is 54.7 Å². The fraction of sp³-hybridized carbons (Fsp3) is 0.500. The number of amides is 1. The SMILES string of the molecule is CN1CCC(Cc2ccccc2)(C(=O)N2CCC[C@H](Cc3cccc4[nH]ncc34)CC2)CC1. The predicted octanol–water partition coefficient (Wildman–Crippen LogP) is 4.69. The second kappa shape index (κ2) is 9.68. The van der Waals surface area contributed by atoms with Gasteiger partial charge in [0.25, 0.3) is 0 Å². The van der Waals surface area contributed by atoms with Gasteiger partial charge in [-0.15, -0.1) is 0 Å². The van der Waals surface area contributed by atoms with Crippen LogP contribution in [0.25, 0.3) is 10.9 Å². The van der Waals surface area contributed by atoms with Gasteiger partial charge in [-0.05, 0) is 88.2 Å². The molecule has 1 aromatic heterocycles. The Morgan fingerprint density at radius 3 is 2.67 bits per heavy atom. The van der Waals surface area contributed by atoms with E-state index in [-0.39, 0.29) is 5.41 Å². The number of hydrogen-bond acceptors (Lipinski definition) is 3. The summed E-state index contributed by atoms with van der Waals surface area (Å²) < 4.78 is 0. The van der Waals surface area contributed by atoms with Crippen LogP contribution in [0.3, 0.4) is 0 Å². The van der Waals surface area contributed by atoms with Gasteiger partial charge in [0.15, 0.2) is 0 Å². The maximum atomic E-state index is 14.0. The van der Waals surface area contributed by atoms with Crippen LogP contribution in [0.4, 0.5) is 0 Å². The molecule has 0 bridgehead atoms. The summed E-state index contributed by atoms with van der Waals surface area (Å²) in [5, 5.41) is 8.55. The molecular weight excluding hydrogens is 408 g/mol. The van der Waals surface area contributed by atoms with Gasteiger partial charge in [-0.3, -0.25) is 9.89 Å². The maximum Gasteiger partial charge on any atom is 0.229 e. The number of likely N-dealkylation sites (tertiary alicyclic amines) is 2. The summed E-state index contributed by atoms with van der Waals surface area (Å²) in [6.07, 6.45) is 9.17. The molecular formula is C28H36N4O. The van der Waals surface area contributed by atoms with E-state index in [1.807, 2.05) is 6.20 Å². The van der Waals surface area contributed by atoms with Crippen LogP contribution in [0, 0.1) is 11.3 Å². The summed E-state index contributed by atoms with van der Waals surface area (Å²) >= 11 is 0. The van der Waals surface area contributed by atoms with Gasteiger partial charge in [-0.2, -0.15) is 5.10 Å². The minimum atomic E-state index is -0.254. The van der Waals surface area contributed by atoms with Gasteiger partial charge in [0.1, 0.15) is 0 Å². The van der Waals surface area contributed by atoms with E-state index < -0.39 is 0 Å². The number of aromatic nitrogens is 2. The highest BCUT2D eigenvalue weighted by molar-refractivity contribution is 5.83. The molecule has 0 spiro atoms. The monoisotopic (exact) mass is 444 g/mol. The molecule has 1 amide bonds. The molecule has 33 heavy (non-hydrogen) atoms. The summed E-state index contributed by atoms with van der Waals surface area (Å²) in [4.78, 5) is 18.6. The van der Waals surface area contributed by atoms with Gasteiger partial charge >= 0.3 is 0 Å². The molecule has 3 heterocycles. The van der Waals surface area contributed by atoms with Gasteiger partial charge in [0.2, 0.25) is 5.91 Å². The smallest absolute Gasteiger partial charge is 0.229 e. The van der Waals surface area contributed by atoms with Crippen LogP contribution in [-0.4, -0.2) is 59.1 Å². The highest BCUT2D eigenvalue weighted by atomic mass is 16.2. The Hall–Kier alpha value is -2.66. The van der Waals surface area contributed by atoms with E-state index in [9.17, 15) is 4.79 Å². The Morgan fingerprint density at radius 1 is 1.03 bits per heavy atom. The fourth-order valence-electron chi connectivity index (χ4n) is 5.93. The second-order valence-electron chi connectivity index (χ2n) is 10.3. The molecule has 3 aromatic rings. The molecule has 0 saturated carbocycles. The van der Waals surface area contributed by atoms with Crippen molar-refractivity contribution in [3.05, 3.63) is 65.9 Å². The quantitative estimate of drug-likeness (QED) is 0.621. The molecule has 174 valence electrons. The number of piperidine rings is 1. The zero-order valence-corrected chi connectivity index (χ0v) is 19.8. The van der Waals surface area contributed by atoms with Gasteiger partial charge in [-0.1, -0.05) is 42.5 Å². The lowest BCUT2D eigenvalue weighted by Gasteiger charge is -2.42. The maximum absolute atomic E-state index is 14.0. The van der Waals surface area contributed by atoms with Crippen molar-refractivity contribution in [2.24, 2.45) is 11.3 Å². The number of hydrogen-bond donors (Lipinski definition) is 1. The third-order valence-electron chi connectivity index (χ3n) is 8.00. The molecule has 0 radical (unpaired) electrons. The van der Waals surface area contributed by atoms with Crippen LogP contribution >= 0.6 is 0 Å². The molecule has 1 atom stereocenters. The molecule has 2 aliphatic rings. The number of H-pyrrole nitrogens is 1. The molecule has 2 saturated heterocycles. The van der Waals surface area contributed by atoms with Crippen molar-refractivity contribution in [1.82, 2.24) is 20.0 Å². The van der Waals surface area contributed by atoms with E-state index >= 15 is 0 Å². The lowest BCUT2D eigenvalue weighted by Crippen LogP contribution is -2.51. The molecule has 5 heteroatoms. The van der Waals surface area contributed by atoms with Crippen LogP contribution < -0.4 is 0 Å². The number of fused-ring (bicyclic) bond motifs is 1. The number of carbonyl (C=O) groups is 1. The highest BCUT2D eigenvalue weighted by Gasteiger charge is 2.43. The van der Waals surface area contributed by atoms with E-state index in [0.717, 1.165) is 70.2 Å². The predicted molar refractivity (Wildman–Crippen MR) is 133 cm³/mol. The summed E-state index contributed by atoms with van der Waals surface area (Å²) in [6.45, 7) is 3.79. The third kappa shape index (κ3) is 4.84. The fourth-order valence-corrected chi connectivity index (χ4v) is 5.93. The Morgan fingerprint density at radius 2 is 1.85 bits per heavy atom. The second-order valence-corrected chi connectivity index (χ2v) is 10.3. The van der Waals surface area contributed by atoms with Crippen molar-refractivity contribution < 1.29 is 4.79 Å². The number of nitrogens with zero attached hydrogens (tertiary/aromatic N) is 3. The first-order chi connectivity index (χ1) is 16.1. The average molecular weight is 445 g/mol. The van der Waals surface area contributed by atoms with Crippen molar-refractivity contribution in [3.8, 4) is 0 Å². The van der Waals surface area contributed by atoms with Crippen LogP contribution in [-0.2, 0) is 17.6 Å². The van der Waals surface area contributed by atoms with Crippen LogP contribution in [0.2, 0.25) is 0 Å². The van der Waals surface area contributed by atoms with Gasteiger partial charge in [0.05, 0.1) is 17.1 Å². The van der Waals surface area contributed by atoms with Gasteiger partial charge in [0, 0.05) is 18.5 Å². The molecule has 2 aromatic carbocycles. The van der Waals surface area contributed by atoms with Crippen molar-refractivity contribution in [1.29, 1.82) is 0 Å². The summed E-state index contributed by atoms with van der Waals surface area (Å²) in [6, 6.07) is 17.1. The van der Waals surface area contributed by atoms with E-state index in [2.05, 4.69) is 75.6 Å². The Labute approximate surface area is 197 Å². The number of benzene rings is 2. The van der Waals surface area contributed by atoms with Crippen molar-refractivity contribution >= 4 is 16.8 Å². The molecule has 2 fully saturated rings. The normalized spacial score (nSPS) is 21.7. The summed E-state index contributed by atoms with van der Waals surface area (Å²) in [5.74, 6) is 1.02. The number of aromatic amines is 1. The minimum Gasteiger partial charge on any atom is -0.342 e. The van der Waals surface area contributed by atoms with E-state index in [1.54, 1.807) is 0 Å². The zero-order valence-electron chi connectivity index (χ0n) is 19.8. The third-order valence-corrected chi connectivity index (χ3v) is 8.00. The average Bonchev–Trinajstić information content (AvgIpc) is 3.21. The topological polar surface area (TPSA) is 52.2 Å². The molecule has 0 aliphatic carbocycles. The summed E-state index contributed by atoms with van der Waals surface area (Å²) in [7, 11) is 2.17. The minimum absolute atomic E-state index is 0.254. The van der Waals surface area contributed by atoms with Crippen LogP contribution in [0.5, 0.6) is 0 Å². The van der Waals surface area contributed by atoms with Crippen molar-refractivity contribution in [3.63, 3.8) is 0 Å². The molecule has 5 nitrogen and oxygen atoms in total. The first-order valence-corrected chi connectivity index (χ1v) is 12.6. The molecule has 1 N–H and O–H groups in total. The number of rotatable bonds is 5. The van der Waals surface area contributed by atoms with E-state index in [0.29, 0.717) is 11.8 Å². The van der Waals surface area contributed by atoms with Gasteiger partial charge in [-0.25, -0.2) is 0 Å². The zero-order chi connectivity index (χ0) is 22.7. The van der Waals surface area contributed by atoms with E-state index in [4.69, 9.17) is 0 Å². The number of carbonyl (C=O) groups excluding carboxylic acids is 1. The molecule has 0 unspecified atom stereocenters. The number of nitrogens with one attached hydrogen (secondary N) is 1. The molecule has 2 aliphatic heterocycles. The lowest BCUT2D eigenvalue weighted by atomic mass is 9.72. The molecule has 5 rings (SSSR count). The van der Waals surface area contributed by atoms with Crippen LogP contribution in [0.1, 0.15) is 43.2 Å². The largest absolute Gasteiger partial charge is 0.342 e. The standard InChI is InChI=1S/C28H36N4O/c1-31-17-13-28(14-18-31,20-23-7-3-2-4-8-23)27(33)32-15-6-9-22(12-16-32)19-24-10-5-11-26-25(24)21-29-30-26/h2-5,7-8,10-11,21-22H,6,9,12-20H2,1H3,(H,29,30)/t22-/m0/s1. The van der Waals surface area contributed by atoms with E-state index in [1.165, 1.54) is 22.9 Å². The van der Waals surface area contributed by atoms with Crippen molar-refractivity contribution in [2.45, 2.75) is 44.9 Å². The first-order valence-electron chi connectivity index (χ1n) is 12.6. The Kier molecular flexibility index (Phi) is 6.50. The Bertz CT molecular complexity index is 1070. The highest BCUT2D eigenvalue weighted by Crippen LogP contribution is 2.38. The Balaban J connectivity index is 1.29. The lowest BCUT2D eigenvalue weighted by molar-refractivity contribution is -0.145. The van der Waals surface area contributed by atoms with Gasteiger partial charge < -0.3 is 9.80 Å². The summed E-state index contributed by atoms with van der Waals surface area (Å²) in [5.41, 5.74) is 3.53. The van der Waals surface area contributed by atoms with Crippen molar-refractivity contribution in [2.75, 3.05) is 33.2 Å².